The van der Waals surface area contributed by atoms with Crippen molar-refractivity contribution in [1.29, 1.82) is 0 Å². The van der Waals surface area contributed by atoms with Crippen LogP contribution in [0.5, 0.6) is 11.5 Å². The Morgan fingerprint density at radius 1 is 0.806 bits per heavy atom. The van der Waals surface area contributed by atoms with Gasteiger partial charge in [-0.05, 0) is 61.7 Å². The summed E-state index contributed by atoms with van der Waals surface area (Å²) in [6, 6.07) is 13.2. The Morgan fingerprint density at radius 3 is 1.94 bits per heavy atom. The third kappa shape index (κ3) is 4.64. The molecule has 36 heavy (non-hydrogen) atoms. The molecule has 0 unspecified atom stereocenters. The number of hydrogen-bond acceptors (Lipinski definition) is 5. The van der Waals surface area contributed by atoms with Crippen molar-refractivity contribution >= 4 is 43.4 Å². The summed E-state index contributed by atoms with van der Waals surface area (Å²) in [5.41, 5.74) is 1.74. The number of fused-ring (bicyclic) bond motifs is 3. The number of ether oxygens (including phenoxy) is 2. The Balaban J connectivity index is 1.83. The zero-order chi connectivity index (χ0) is 26.4. The SMILES string of the molecule is C=C(C)C(=O)Oc1ccc(-c2ccc3c(sc4c(C(F)(F)F)c(OC(=O)C(=C)C)ccc43)c2C)cc1. The van der Waals surface area contributed by atoms with E-state index in [1.54, 1.807) is 37.3 Å². The summed E-state index contributed by atoms with van der Waals surface area (Å²) in [6.07, 6.45) is -4.74. The van der Waals surface area contributed by atoms with Gasteiger partial charge in [-0.2, -0.15) is 13.2 Å². The van der Waals surface area contributed by atoms with E-state index in [4.69, 9.17) is 9.47 Å². The van der Waals surface area contributed by atoms with Gasteiger partial charge in [0.15, 0.2) is 0 Å². The second-order valence-electron chi connectivity index (χ2n) is 8.39. The third-order valence-corrected chi connectivity index (χ3v) is 6.94. The van der Waals surface area contributed by atoms with E-state index < -0.39 is 29.4 Å². The zero-order valence-corrected chi connectivity index (χ0v) is 20.5. The van der Waals surface area contributed by atoms with Gasteiger partial charge in [-0.3, -0.25) is 0 Å². The highest BCUT2D eigenvalue weighted by Crippen LogP contribution is 2.48. The van der Waals surface area contributed by atoms with Gasteiger partial charge in [0.05, 0.1) is 4.70 Å². The van der Waals surface area contributed by atoms with E-state index in [1.165, 1.54) is 19.1 Å². The van der Waals surface area contributed by atoms with Crippen LogP contribution in [0.2, 0.25) is 0 Å². The molecule has 0 saturated heterocycles. The molecule has 0 fully saturated rings. The molecule has 0 aliphatic carbocycles. The van der Waals surface area contributed by atoms with Crippen molar-refractivity contribution < 1.29 is 32.2 Å². The number of rotatable bonds is 5. The Morgan fingerprint density at radius 2 is 1.36 bits per heavy atom. The van der Waals surface area contributed by atoms with Crippen LogP contribution in [0.15, 0.2) is 72.8 Å². The lowest BCUT2D eigenvalue weighted by molar-refractivity contribution is -0.140. The van der Waals surface area contributed by atoms with Gasteiger partial charge in [0, 0.05) is 26.6 Å². The lowest BCUT2D eigenvalue weighted by atomic mass is 9.98. The summed E-state index contributed by atoms with van der Waals surface area (Å²) in [4.78, 5) is 23.7. The van der Waals surface area contributed by atoms with Gasteiger partial charge >= 0.3 is 18.1 Å². The fraction of sp³-hybridized carbons (Fsp3) is 0.143. The number of benzene rings is 3. The molecule has 4 rings (SSSR count). The Kier molecular flexibility index (Phi) is 6.49. The largest absolute Gasteiger partial charge is 0.423 e. The van der Waals surface area contributed by atoms with Crippen LogP contribution < -0.4 is 9.47 Å². The van der Waals surface area contributed by atoms with Crippen LogP contribution in [0.25, 0.3) is 31.3 Å². The quantitative estimate of drug-likeness (QED) is 0.155. The van der Waals surface area contributed by atoms with E-state index in [-0.39, 0.29) is 15.8 Å². The third-order valence-electron chi connectivity index (χ3n) is 5.58. The van der Waals surface area contributed by atoms with Crippen LogP contribution >= 0.6 is 11.3 Å². The minimum Gasteiger partial charge on any atom is -0.423 e. The molecule has 184 valence electrons. The molecule has 0 aliphatic heterocycles. The van der Waals surface area contributed by atoms with Crippen molar-refractivity contribution in [2.75, 3.05) is 0 Å². The minimum absolute atomic E-state index is 0.000426. The van der Waals surface area contributed by atoms with Crippen molar-refractivity contribution in [3.63, 3.8) is 0 Å². The second kappa shape index (κ2) is 9.28. The lowest BCUT2D eigenvalue weighted by Gasteiger charge is -2.13. The predicted octanol–water partition coefficient (Wildman–Crippen LogP) is 8.01. The molecule has 0 amide bonds. The van der Waals surface area contributed by atoms with Gasteiger partial charge in [-0.25, -0.2) is 9.59 Å². The second-order valence-corrected chi connectivity index (χ2v) is 9.41. The Bertz CT molecular complexity index is 1560. The normalized spacial score (nSPS) is 11.5. The minimum atomic E-state index is -4.74. The lowest BCUT2D eigenvalue weighted by Crippen LogP contribution is -2.14. The van der Waals surface area contributed by atoms with E-state index in [9.17, 15) is 22.8 Å². The van der Waals surface area contributed by atoms with E-state index in [2.05, 4.69) is 13.2 Å². The molecule has 8 heteroatoms. The molecular weight excluding hydrogens is 489 g/mol. The number of thiophene rings is 1. The molecule has 4 aromatic rings. The first-order valence-electron chi connectivity index (χ1n) is 10.8. The van der Waals surface area contributed by atoms with Gasteiger partial charge < -0.3 is 9.47 Å². The summed E-state index contributed by atoms with van der Waals surface area (Å²) in [5, 5.41) is 1.10. The van der Waals surface area contributed by atoms with Crippen molar-refractivity contribution in [1.82, 2.24) is 0 Å². The molecular formula is C28H21F3O4S. The zero-order valence-electron chi connectivity index (χ0n) is 19.7. The van der Waals surface area contributed by atoms with Crippen molar-refractivity contribution in [3.05, 3.63) is 84.0 Å². The van der Waals surface area contributed by atoms with E-state index >= 15 is 0 Å². The van der Waals surface area contributed by atoms with E-state index in [0.717, 1.165) is 28.0 Å². The average molecular weight is 511 g/mol. The first kappa shape index (κ1) is 25.2. The first-order chi connectivity index (χ1) is 16.9. The van der Waals surface area contributed by atoms with Gasteiger partial charge in [0.2, 0.25) is 0 Å². The fourth-order valence-corrected chi connectivity index (χ4v) is 5.13. The molecule has 1 aromatic heterocycles. The number of alkyl halides is 3. The predicted molar refractivity (Wildman–Crippen MR) is 135 cm³/mol. The summed E-state index contributed by atoms with van der Waals surface area (Å²) in [6.45, 7) is 11.8. The fourth-order valence-electron chi connectivity index (χ4n) is 3.77. The summed E-state index contributed by atoms with van der Waals surface area (Å²) >= 11 is 1.00. The molecule has 4 nitrogen and oxygen atoms in total. The number of aryl methyl sites for hydroxylation is 1. The highest BCUT2D eigenvalue weighted by molar-refractivity contribution is 7.26. The van der Waals surface area contributed by atoms with E-state index in [0.29, 0.717) is 21.2 Å². The number of halogens is 3. The average Bonchev–Trinajstić information content (AvgIpc) is 3.18. The molecule has 0 spiro atoms. The van der Waals surface area contributed by atoms with Crippen molar-refractivity contribution in [2.24, 2.45) is 0 Å². The first-order valence-corrected chi connectivity index (χ1v) is 11.6. The van der Waals surface area contributed by atoms with Crippen molar-refractivity contribution in [2.45, 2.75) is 26.9 Å². The van der Waals surface area contributed by atoms with Crippen LogP contribution in [-0.4, -0.2) is 11.9 Å². The molecule has 0 atom stereocenters. The summed E-state index contributed by atoms with van der Waals surface area (Å²) < 4.78 is 53.3. The smallest absolute Gasteiger partial charge is 0.421 e. The molecule has 0 saturated carbocycles. The highest BCUT2D eigenvalue weighted by Gasteiger charge is 2.38. The topological polar surface area (TPSA) is 52.6 Å². The number of carbonyl (C=O) groups is 2. The van der Waals surface area contributed by atoms with Gasteiger partial charge in [0.1, 0.15) is 17.1 Å². The van der Waals surface area contributed by atoms with Gasteiger partial charge in [-0.15, -0.1) is 11.3 Å². The van der Waals surface area contributed by atoms with Crippen LogP contribution in [0.1, 0.15) is 25.0 Å². The van der Waals surface area contributed by atoms with Gasteiger partial charge in [0.25, 0.3) is 0 Å². The van der Waals surface area contributed by atoms with Crippen LogP contribution in [0.3, 0.4) is 0 Å². The maximum atomic E-state index is 14.1. The maximum absolute atomic E-state index is 14.1. The number of carbonyl (C=O) groups excluding carboxylic acids is 2. The summed E-state index contributed by atoms with van der Waals surface area (Å²) in [7, 11) is 0. The molecule has 3 aromatic carbocycles. The van der Waals surface area contributed by atoms with Crippen LogP contribution in [0.4, 0.5) is 13.2 Å². The monoisotopic (exact) mass is 510 g/mol. The van der Waals surface area contributed by atoms with Crippen LogP contribution in [0, 0.1) is 6.92 Å². The van der Waals surface area contributed by atoms with Crippen LogP contribution in [-0.2, 0) is 15.8 Å². The standard InChI is InChI=1S/C28H21F3O4S/c1-14(2)26(32)34-18-8-6-17(7-9-18)19-10-11-20-21-12-13-22(35-27(33)15(3)4)23(28(29,30)31)25(21)36-24(20)16(19)5/h6-13H,1,3H2,2,4-5H3. The Hall–Kier alpha value is -3.91. The molecule has 0 radical (unpaired) electrons. The molecule has 0 aliphatic rings. The number of hydrogen-bond donors (Lipinski definition) is 0. The van der Waals surface area contributed by atoms with E-state index in [1.807, 2.05) is 13.0 Å². The van der Waals surface area contributed by atoms with Crippen molar-refractivity contribution in [3.8, 4) is 22.6 Å². The molecule has 1 heterocycles. The summed E-state index contributed by atoms with van der Waals surface area (Å²) in [5.74, 6) is -1.64. The number of esters is 2. The molecule has 0 bridgehead atoms. The van der Waals surface area contributed by atoms with Gasteiger partial charge in [-0.1, -0.05) is 37.4 Å². The maximum Gasteiger partial charge on any atom is 0.421 e. The molecule has 0 N–H and O–H groups in total. The highest BCUT2D eigenvalue weighted by atomic mass is 32.1. The Labute approximate surface area is 209 Å².